The minimum Gasteiger partial charge on any atom is -0.312 e. The van der Waals surface area contributed by atoms with Gasteiger partial charge in [0.15, 0.2) is 5.78 Å². The van der Waals surface area contributed by atoms with Crippen LogP contribution in [-0.4, -0.2) is 18.2 Å². The Hall–Kier alpha value is -1.64. The first-order valence-corrected chi connectivity index (χ1v) is 6.68. The largest absolute Gasteiger partial charge is 0.312 e. The highest BCUT2D eigenvalue weighted by atomic mass is 16.2. The summed E-state index contributed by atoms with van der Waals surface area (Å²) in [6.45, 7) is 0.675. The van der Waals surface area contributed by atoms with Gasteiger partial charge in [-0.25, -0.2) is 0 Å². The van der Waals surface area contributed by atoms with Crippen LogP contribution >= 0.6 is 0 Å². The fourth-order valence-corrected chi connectivity index (χ4v) is 2.54. The number of benzene rings is 1. The quantitative estimate of drug-likeness (QED) is 0.801. The number of carbonyl (C=O) groups excluding carboxylic acids is 2. The molecule has 3 nitrogen and oxygen atoms in total. The summed E-state index contributed by atoms with van der Waals surface area (Å²) in [5, 5.41) is 0. The standard InChI is InChI=1S/C15H17NO2/c17-14-6-3-9-16(15(18)10-11-7-8-11)13-5-2-1-4-12(13)14/h1-2,4-5,11H,3,6-10H2. The van der Waals surface area contributed by atoms with Crippen molar-refractivity contribution in [3.63, 3.8) is 0 Å². The second-order valence-corrected chi connectivity index (χ2v) is 5.24. The summed E-state index contributed by atoms with van der Waals surface area (Å²) in [6, 6.07) is 7.49. The van der Waals surface area contributed by atoms with Gasteiger partial charge < -0.3 is 4.90 Å². The van der Waals surface area contributed by atoms with Crippen molar-refractivity contribution in [2.45, 2.75) is 32.1 Å². The van der Waals surface area contributed by atoms with Crippen LogP contribution in [0.5, 0.6) is 0 Å². The monoisotopic (exact) mass is 243 g/mol. The van der Waals surface area contributed by atoms with E-state index < -0.39 is 0 Å². The molecule has 1 aliphatic heterocycles. The third kappa shape index (κ3) is 2.17. The molecule has 0 atom stereocenters. The van der Waals surface area contributed by atoms with Gasteiger partial charge in [0.1, 0.15) is 0 Å². The molecule has 1 aliphatic carbocycles. The van der Waals surface area contributed by atoms with Crippen molar-refractivity contribution in [2.24, 2.45) is 5.92 Å². The van der Waals surface area contributed by atoms with Crippen molar-refractivity contribution in [1.82, 2.24) is 0 Å². The van der Waals surface area contributed by atoms with Gasteiger partial charge in [0, 0.05) is 24.9 Å². The molecule has 0 radical (unpaired) electrons. The molecule has 0 N–H and O–H groups in total. The summed E-state index contributed by atoms with van der Waals surface area (Å²) >= 11 is 0. The van der Waals surface area contributed by atoms with Crippen LogP contribution in [0.3, 0.4) is 0 Å². The lowest BCUT2D eigenvalue weighted by Crippen LogP contribution is -2.31. The SMILES string of the molecule is O=C1CCCN(C(=O)CC2CC2)c2ccccc21. The smallest absolute Gasteiger partial charge is 0.227 e. The summed E-state index contributed by atoms with van der Waals surface area (Å²) in [5.74, 6) is 0.926. The lowest BCUT2D eigenvalue weighted by molar-refractivity contribution is -0.118. The van der Waals surface area contributed by atoms with Crippen molar-refractivity contribution in [3.05, 3.63) is 29.8 Å². The molecular formula is C15H17NO2. The van der Waals surface area contributed by atoms with Crippen LogP contribution in [0.25, 0.3) is 0 Å². The average molecular weight is 243 g/mol. The third-order valence-corrected chi connectivity index (χ3v) is 3.74. The van der Waals surface area contributed by atoms with E-state index in [2.05, 4.69) is 0 Å². The Kier molecular flexibility index (Phi) is 2.90. The Balaban J connectivity index is 1.91. The van der Waals surface area contributed by atoms with Gasteiger partial charge in [-0.2, -0.15) is 0 Å². The van der Waals surface area contributed by atoms with E-state index in [0.29, 0.717) is 30.9 Å². The number of hydrogen-bond acceptors (Lipinski definition) is 2. The number of amides is 1. The summed E-state index contributed by atoms with van der Waals surface area (Å²) < 4.78 is 0. The molecule has 0 unspecified atom stereocenters. The summed E-state index contributed by atoms with van der Waals surface area (Å²) in [6.07, 6.45) is 4.32. The maximum Gasteiger partial charge on any atom is 0.227 e. The molecule has 0 bridgehead atoms. The Morgan fingerprint density at radius 2 is 2.06 bits per heavy atom. The van der Waals surface area contributed by atoms with E-state index in [1.54, 1.807) is 0 Å². The molecule has 94 valence electrons. The van der Waals surface area contributed by atoms with Crippen LogP contribution in [0.1, 0.15) is 42.5 Å². The van der Waals surface area contributed by atoms with Crippen molar-refractivity contribution in [2.75, 3.05) is 11.4 Å². The second kappa shape index (κ2) is 4.56. The van der Waals surface area contributed by atoms with Crippen molar-refractivity contribution >= 4 is 17.4 Å². The van der Waals surface area contributed by atoms with E-state index >= 15 is 0 Å². The van der Waals surface area contributed by atoms with Crippen LogP contribution in [-0.2, 0) is 4.79 Å². The number of Topliss-reactive ketones (excluding diaryl/α,β-unsaturated/α-hetero) is 1. The van der Waals surface area contributed by atoms with Crippen LogP contribution in [0.4, 0.5) is 5.69 Å². The first-order chi connectivity index (χ1) is 8.75. The minimum absolute atomic E-state index is 0.160. The number of para-hydroxylation sites is 1. The average Bonchev–Trinajstić information content (AvgIpc) is 3.18. The zero-order chi connectivity index (χ0) is 12.5. The summed E-state index contributed by atoms with van der Waals surface area (Å²) in [7, 11) is 0. The Bertz CT molecular complexity index is 491. The molecule has 3 heteroatoms. The van der Waals surface area contributed by atoms with Crippen LogP contribution in [0.15, 0.2) is 24.3 Å². The molecule has 1 heterocycles. The fraction of sp³-hybridized carbons (Fsp3) is 0.467. The molecule has 18 heavy (non-hydrogen) atoms. The number of ketones is 1. The molecule has 2 aliphatic rings. The Labute approximate surface area is 107 Å². The van der Waals surface area contributed by atoms with Gasteiger partial charge in [0.25, 0.3) is 0 Å². The highest BCUT2D eigenvalue weighted by molar-refractivity contribution is 6.06. The maximum absolute atomic E-state index is 12.3. The highest BCUT2D eigenvalue weighted by Crippen LogP contribution is 2.34. The normalized spacial score (nSPS) is 19.3. The van der Waals surface area contributed by atoms with Crippen LogP contribution in [0, 0.1) is 5.92 Å². The van der Waals surface area contributed by atoms with Gasteiger partial charge in [-0.05, 0) is 37.3 Å². The zero-order valence-corrected chi connectivity index (χ0v) is 10.4. The first kappa shape index (κ1) is 11.5. The molecular weight excluding hydrogens is 226 g/mol. The van der Waals surface area contributed by atoms with Crippen molar-refractivity contribution < 1.29 is 9.59 Å². The maximum atomic E-state index is 12.3. The fourth-order valence-electron chi connectivity index (χ4n) is 2.54. The number of fused-ring (bicyclic) bond motifs is 1. The number of carbonyl (C=O) groups is 2. The second-order valence-electron chi connectivity index (χ2n) is 5.24. The molecule has 1 fully saturated rings. The van der Waals surface area contributed by atoms with E-state index in [4.69, 9.17) is 0 Å². The van der Waals surface area contributed by atoms with Crippen LogP contribution < -0.4 is 4.90 Å². The van der Waals surface area contributed by atoms with Crippen LogP contribution in [0.2, 0.25) is 0 Å². The van der Waals surface area contributed by atoms with Gasteiger partial charge in [-0.15, -0.1) is 0 Å². The Morgan fingerprint density at radius 3 is 2.83 bits per heavy atom. The lowest BCUT2D eigenvalue weighted by Gasteiger charge is -2.22. The van der Waals surface area contributed by atoms with Gasteiger partial charge >= 0.3 is 0 Å². The molecule has 1 amide bonds. The van der Waals surface area contributed by atoms with E-state index in [0.717, 1.165) is 12.1 Å². The van der Waals surface area contributed by atoms with E-state index in [-0.39, 0.29) is 11.7 Å². The number of hydrogen-bond donors (Lipinski definition) is 0. The molecule has 0 saturated heterocycles. The summed E-state index contributed by atoms with van der Waals surface area (Å²) in [4.78, 5) is 26.1. The predicted molar refractivity (Wildman–Crippen MR) is 69.7 cm³/mol. The van der Waals surface area contributed by atoms with E-state index in [9.17, 15) is 9.59 Å². The number of anilines is 1. The first-order valence-electron chi connectivity index (χ1n) is 6.68. The summed E-state index contributed by atoms with van der Waals surface area (Å²) in [5.41, 5.74) is 1.52. The minimum atomic E-state index is 0.160. The van der Waals surface area contributed by atoms with E-state index in [1.807, 2.05) is 29.2 Å². The molecule has 1 aromatic rings. The molecule has 0 spiro atoms. The number of nitrogens with zero attached hydrogens (tertiary/aromatic N) is 1. The number of rotatable bonds is 2. The topological polar surface area (TPSA) is 37.4 Å². The van der Waals surface area contributed by atoms with Crippen molar-refractivity contribution in [1.29, 1.82) is 0 Å². The molecule has 0 aromatic heterocycles. The van der Waals surface area contributed by atoms with Gasteiger partial charge in [-0.1, -0.05) is 12.1 Å². The molecule has 3 rings (SSSR count). The molecule has 1 saturated carbocycles. The highest BCUT2D eigenvalue weighted by Gasteiger charge is 2.30. The third-order valence-electron chi connectivity index (χ3n) is 3.74. The zero-order valence-electron chi connectivity index (χ0n) is 10.4. The molecule has 1 aromatic carbocycles. The van der Waals surface area contributed by atoms with Crippen molar-refractivity contribution in [3.8, 4) is 0 Å². The van der Waals surface area contributed by atoms with E-state index in [1.165, 1.54) is 12.8 Å². The van der Waals surface area contributed by atoms with Gasteiger partial charge in [-0.3, -0.25) is 9.59 Å². The predicted octanol–water partition coefficient (Wildman–Crippen LogP) is 2.80. The van der Waals surface area contributed by atoms with Gasteiger partial charge in [0.05, 0.1) is 5.69 Å². The lowest BCUT2D eigenvalue weighted by atomic mass is 10.1. The Morgan fingerprint density at radius 1 is 1.28 bits per heavy atom. The van der Waals surface area contributed by atoms with Gasteiger partial charge in [0.2, 0.25) is 5.91 Å².